The third-order valence-corrected chi connectivity index (χ3v) is 4.75. The molecule has 0 aromatic heterocycles. The van der Waals surface area contributed by atoms with Crippen LogP contribution in [-0.4, -0.2) is 48.3 Å². The summed E-state index contributed by atoms with van der Waals surface area (Å²) in [7, 11) is 0. The van der Waals surface area contributed by atoms with E-state index in [4.69, 9.17) is 4.74 Å². The van der Waals surface area contributed by atoms with Crippen LogP contribution in [0.1, 0.15) is 46.0 Å². The molecule has 1 unspecified atom stereocenters. The second kappa shape index (κ2) is 6.23. The van der Waals surface area contributed by atoms with Crippen molar-refractivity contribution in [3.8, 4) is 0 Å². The van der Waals surface area contributed by atoms with Gasteiger partial charge in [-0.15, -0.1) is 0 Å². The van der Waals surface area contributed by atoms with Crippen molar-refractivity contribution >= 4 is 5.97 Å². The second-order valence-corrected chi connectivity index (χ2v) is 6.54. The number of hydrogen-bond acceptors (Lipinski definition) is 3. The molecule has 1 heterocycles. The maximum atomic E-state index is 11.8. The predicted octanol–water partition coefficient (Wildman–Crippen LogP) is 2.38. The summed E-state index contributed by atoms with van der Waals surface area (Å²) in [6, 6.07) is 0. The Morgan fingerprint density at radius 3 is 2.68 bits per heavy atom. The summed E-state index contributed by atoms with van der Waals surface area (Å²) < 4.78 is 5.64. The lowest BCUT2D eigenvalue weighted by molar-refractivity contribution is -0.153. The molecule has 19 heavy (non-hydrogen) atoms. The minimum atomic E-state index is -0.600. The zero-order valence-corrected chi connectivity index (χ0v) is 12.2. The highest BCUT2D eigenvalue weighted by Crippen LogP contribution is 2.40. The molecule has 0 amide bonds. The van der Waals surface area contributed by atoms with Crippen molar-refractivity contribution in [3.05, 3.63) is 0 Å². The number of carboxylic acid groups (broad SMARTS) is 1. The van der Waals surface area contributed by atoms with Crippen LogP contribution in [0.25, 0.3) is 0 Å². The second-order valence-electron chi connectivity index (χ2n) is 6.54. The number of ether oxygens (including phenoxy) is 1. The summed E-state index contributed by atoms with van der Waals surface area (Å²) in [4.78, 5) is 14.1. The Morgan fingerprint density at radius 2 is 2.05 bits per heavy atom. The molecule has 4 heteroatoms. The Labute approximate surface area is 116 Å². The van der Waals surface area contributed by atoms with Crippen LogP contribution < -0.4 is 0 Å². The van der Waals surface area contributed by atoms with Crippen LogP contribution in [0, 0.1) is 11.3 Å². The van der Waals surface area contributed by atoms with Gasteiger partial charge in [-0.25, -0.2) is 0 Å². The van der Waals surface area contributed by atoms with E-state index in [1.807, 2.05) is 0 Å². The van der Waals surface area contributed by atoms with Gasteiger partial charge in [0, 0.05) is 26.2 Å². The van der Waals surface area contributed by atoms with Gasteiger partial charge in [-0.05, 0) is 44.9 Å². The summed E-state index contributed by atoms with van der Waals surface area (Å²) in [5, 5.41) is 9.68. The van der Waals surface area contributed by atoms with E-state index in [1.54, 1.807) is 0 Å². The number of rotatable bonds is 3. The minimum absolute atomic E-state index is 0.218. The fourth-order valence-corrected chi connectivity index (χ4v) is 3.41. The third-order valence-electron chi connectivity index (χ3n) is 4.75. The van der Waals surface area contributed by atoms with Gasteiger partial charge >= 0.3 is 5.97 Å². The number of carboxylic acids is 1. The molecule has 2 rings (SSSR count). The molecule has 1 saturated heterocycles. The maximum Gasteiger partial charge on any atom is 0.310 e. The molecule has 1 saturated carbocycles. The van der Waals surface area contributed by atoms with Crippen molar-refractivity contribution < 1.29 is 14.6 Å². The minimum Gasteiger partial charge on any atom is -0.481 e. The molecule has 1 atom stereocenters. The molecular weight excluding hydrogens is 242 g/mol. The number of hydrogen-bond donors (Lipinski definition) is 1. The Balaban J connectivity index is 2.01. The lowest BCUT2D eigenvalue weighted by Crippen LogP contribution is -2.46. The van der Waals surface area contributed by atoms with Gasteiger partial charge in [-0.1, -0.05) is 6.92 Å². The molecule has 2 aliphatic rings. The molecule has 4 nitrogen and oxygen atoms in total. The summed E-state index contributed by atoms with van der Waals surface area (Å²) >= 11 is 0. The van der Waals surface area contributed by atoms with E-state index < -0.39 is 11.4 Å². The molecule has 0 radical (unpaired) electrons. The largest absolute Gasteiger partial charge is 0.481 e. The Bertz CT molecular complexity index is 311. The SMILES string of the molecule is CC1CCC(CN2CCCOC(C)C2)(C(=O)O)CC1. The van der Waals surface area contributed by atoms with Crippen molar-refractivity contribution in [2.24, 2.45) is 11.3 Å². The molecule has 1 aliphatic carbocycles. The zero-order chi connectivity index (χ0) is 13.9. The molecular formula is C15H27NO3. The summed E-state index contributed by atoms with van der Waals surface area (Å²) in [6.07, 6.45) is 4.98. The smallest absolute Gasteiger partial charge is 0.310 e. The van der Waals surface area contributed by atoms with Crippen LogP contribution in [-0.2, 0) is 9.53 Å². The van der Waals surface area contributed by atoms with Gasteiger partial charge in [-0.2, -0.15) is 0 Å². The van der Waals surface area contributed by atoms with Crippen LogP contribution in [0.3, 0.4) is 0 Å². The van der Waals surface area contributed by atoms with Crippen LogP contribution in [0.4, 0.5) is 0 Å². The lowest BCUT2D eigenvalue weighted by atomic mass is 9.70. The summed E-state index contributed by atoms with van der Waals surface area (Å²) in [5.74, 6) is 0.0797. The zero-order valence-electron chi connectivity index (χ0n) is 12.2. The standard InChI is InChI=1S/C15H27NO3/c1-12-4-6-15(7-5-12,14(17)18)11-16-8-3-9-19-13(2)10-16/h12-13H,3-11H2,1-2H3,(H,17,18). The van der Waals surface area contributed by atoms with Crippen LogP contribution in [0.5, 0.6) is 0 Å². The first-order chi connectivity index (χ1) is 9.02. The molecule has 110 valence electrons. The fraction of sp³-hybridized carbons (Fsp3) is 0.933. The van der Waals surface area contributed by atoms with E-state index in [-0.39, 0.29) is 6.10 Å². The number of aliphatic carboxylic acids is 1. The van der Waals surface area contributed by atoms with Crippen molar-refractivity contribution in [1.29, 1.82) is 0 Å². The van der Waals surface area contributed by atoms with Gasteiger partial charge in [0.05, 0.1) is 11.5 Å². The van der Waals surface area contributed by atoms with Gasteiger partial charge in [0.2, 0.25) is 0 Å². The molecule has 0 aromatic carbocycles. The summed E-state index contributed by atoms with van der Waals surface area (Å²) in [6.45, 7) is 7.64. The Morgan fingerprint density at radius 1 is 1.37 bits per heavy atom. The highest BCUT2D eigenvalue weighted by Gasteiger charge is 2.42. The van der Waals surface area contributed by atoms with Crippen molar-refractivity contribution in [1.82, 2.24) is 4.90 Å². The predicted molar refractivity (Wildman–Crippen MR) is 74.2 cm³/mol. The van der Waals surface area contributed by atoms with E-state index in [0.717, 1.165) is 51.8 Å². The fourth-order valence-electron chi connectivity index (χ4n) is 3.41. The molecule has 1 N–H and O–H groups in total. The molecule has 0 aromatic rings. The van der Waals surface area contributed by atoms with E-state index in [9.17, 15) is 9.90 Å². The monoisotopic (exact) mass is 269 g/mol. The van der Waals surface area contributed by atoms with Gasteiger partial charge < -0.3 is 9.84 Å². The van der Waals surface area contributed by atoms with Gasteiger partial charge in [-0.3, -0.25) is 9.69 Å². The van der Waals surface area contributed by atoms with Crippen LogP contribution in [0.15, 0.2) is 0 Å². The number of nitrogens with zero attached hydrogens (tertiary/aromatic N) is 1. The molecule has 1 aliphatic heterocycles. The van der Waals surface area contributed by atoms with E-state index >= 15 is 0 Å². The van der Waals surface area contributed by atoms with Crippen molar-refractivity contribution in [2.75, 3.05) is 26.2 Å². The van der Waals surface area contributed by atoms with E-state index in [0.29, 0.717) is 12.5 Å². The van der Waals surface area contributed by atoms with Crippen LogP contribution in [0.2, 0.25) is 0 Å². The van der Waals surface area contributed by atoms with E-state index in [1.165, 1.54) is 0 Å². The highest BCUT2D eigenvalue weighted by atomic mass is 16.5. The first-order valence-corrected chi connectivity index (χ1v) is 7.59. The number of carbonyl (C=O) groups is 1. The van der Waals surface area contributed by atoms with Crippen molar-refractivity contribution in [3.63, 3.8) is 0 Å². The summed E-state index contributed by atoms with van der Waals surface area (Å²) in [5.41, 5.74) is -0.517. The highest BCUT2D eigenvalue weighted by molar-refractivity contribution is 5.75. The molecule has 0 spiro atoms. The Hall–Kier alpha value is -0.610. The lowest BCUT2D eigenvalue weighted by Gasteiger charge is -2.39. The van der Waals surface area contributed by atoms with Gasteiger partial charge in [0.1, 0.15) is 0 Å². The topological polar surface area (TPSA) is 49.8 Å². The normalized spacial score (nSPS) is 37.8. The van der Waals surface area contributed by atoms with Crippen molar-refractivity contribution in [2.45, 2.75) is 52.1 Å². The first-order valence-electron chi connectivity index (χ1n) is 7.59. The maximum absolute atomic E-state index is 11.8. The van der Waals surface area contributed by atoms with Crippen LogP contribution >= 0.6 is 0 Å². The third kappa shape index (κ3) is 3.69. The first kappa shape index (κ1) is 14.8. The average molecular weight is 269 g/mol. The molecule has 2 fully saturated rings. The van der Waals surface area contributed by atoms with Gasteiger partial charge in [0.25, 0.3) is 0 Å². The molecule has 0 bridgehead atoms. The van der Waals surface area contributed by atoms with E-state index in [2.05, 4.69) is 18.7 Å². The quantitative estimate of drug-likeness (QED) is 0.854. The Kier molecular flexibility index (Phi) is 4.85. The average Bonchev–Trinajstić information content (AvgIpc) is 2.56. The van der Waals surface area contributed by atoms with Gasteiger partial charge in [0.15, 0.2) is 0 Å².